The number of aliphatic hydroxyl groups is 1. The summed E-state index contributed by atoms with van der Waals surface area (Å²) in [6, 6.07) is 5.21. The van der Waals surface area contributed by atoms with Crippen molar-refractivity contribution in [1.82, 2.24) is 0 Å². The topological polar surface area (TPSA) is 59.0 Å². The van der Waals surface area contributed by atoms with E-state index < -0.39 is 0 Å². The van der Waals surface area contributed by atoms with Crippen molar-refractivity contribution < 1.29 is 19.4 Å². The molecule has 0 unspecified atom stereocenters. The van der Waals surface area contributed by atoms with E-state index in [-0.39, 0.29) is 18.9 Å². The van der Waals surface area contributed by atoms with Crippen molar-refractivity contribution in [1.29, 1.82) is 0 Å². The van der Waals surface area contributed by atoms with Gasteiger partial charge in [0.15, 0.2) is 11.5 Å². The largest absolute Gasteiger partial charge is 0.493 e. The Labute approximate surface area is 101 Å². The molecule has 0 heterocycles. The Morgan fingerprint density at radius 3 is 2.47 bits per heavy atom. The molecule has 1 amide bonds. The molecule has 0 bridgehead atoms. The fourth-order valence-electron chi connectivity index (χ4n) is 1.44. The summed E-state index contributed by atoms with van der Waals surface area (Å²) < 4.78 is 10.3. The molecule has 5 nitrogen and oxygen atoms in total. The van der Waals surface area contributed by atoms with Gasteiger partial charge in [-0.15, -0.1) is 0 Å². The van der Waals surface area contributed by atoms with Crippen molar-refractivity contribution in [3.63, 3.8) is 0 Å². The fraction of sp³-hybridized carbons (Fsp3) is 0.417. The number of hydrogen-bond donors (Lipinski definition) is 1. The van der Waals surface area contributed by atoms with Crippen LogP contribution in [0.1, 0.15) is 6.42 Å². The van der Waals surface area contributed by atoms with Crippen LogP contribution in [0.3, 0.4) is 0 Å². The Morgan fingerprint density at radius 2 is 1.94 bits per heavy atom. The van der Waals surface area contributed by atoms with Crippen LogP contribution in [0.5, 0.6) is 11.5 Å². The lowest BCUT2D eigenvalue weighted by molar-refractivity contribution is -0.118. The first-order chi connectivity index (χ1) is 8.13. The fourth-order valence-corrected chi connectivity index (χ4v) is 1.44. The maximum Gasteiger partial charge on any atom is 0.229 e. The lowest BCUT2D eigenvalue weighted by Gasteiger charge is -2.18. The molecular formula is C12H17NO4. The molecule has 94 valence electrons. The SMILES string of the molecule is COc1ccc(N(C)C(=O)CCO)cc1OC. The summed E-state index contributed by atoms with van der Waals surface area (Å²) in [5.74, 6) is 1.02. The van der Waals surface area contributed by atoms with E-state index in [1.165, 1.54) is 12.0 Å². The first-order valence-corrected chi connectivity index (χ1v) is 5.23. The number of carbonyl (C=O) groups is 1. The summed E-state index contributed by atoms with van der Waals surface area (Å²) in [4.78, 5) is 13.1. The lowest BCUT2D eigenvalue weighted by atomic mass is 10.2. The van der Waals surface area contributed by atoms with Crippen LogP contribution in [0.15, 0.2) is 18.2 Å². The molecular weight excluding hydrogens is 222 g/mol. The first kappa shape index (κ1) is 13.3. The van der Waals surface area contributed by atoms with Crippen molar-refractivity contribution in [3.05, 3.63) is 18.2 Å². The monoisotopic (exact) mass is 239 g/mol. The molecule has 0 aliphatic rings. The van der Waals surface area contributed by atoms with Gasteiger partial charge in [-0.3, -0.25) is 4.79 Å². The second-order valence-electron chi connectivity index (χ2n) is 3.47. The summed E-state index contributed by atoms with van der Waals surface area (Å²) in [6.45, 7) is -0.156. The number of nitrogens with zero attached hydrogens (tertiary/aromatic N) is 1. The molecule has 0 atom stereocenters. The van der Waals surface area contributed by atoms with Gasteiger partial charge in [-0.2, -0.15) is 0 Å². The van der Waals surface area contributed by atoms with E-state index >= 15 is 0 Å². The minimum Gasteiger partial charge on any atom is -0.493 e. The molecule has 0 saturated heterocycles. The predicted molar refractivity (Wildman–Crippen MR) is 64.7 cm³/mol. The van der Waals surface area contributed by atoms with E-state index in [1.54, 1.807) is 32.4 Å². The number of amides is 1. The molecule has 0 aromatic heterocycles. The highest BCUT2D eigenvalue weighted by atomic mass is 16.5. The zero-order valence-corrected chi connectivity index (χ0v) is 10.3. The minimum absolute atomic E-state index is 0.102. The van der Waals surface area contributed by atoms with Gasteiger partial charge in [0.25, 0.3) is 0 Å². The first-order valence-electron chi connectivity index (χ1n) is 5.23. The molecule has 0 aliphatic carbocycles. The molecule has 1 aromatic rings. The molecule has 0 saturated carbocycles. The zero-order chi connectivity index (χ0) is 12.8. The Balaban J connectivity index is 2.95. The third-order valence-corrected chi connectivity index (χ3v) is 2.45. The van der Waals surface area contributed by atoms with Crippen molar-refractivity contribution in [3.8, 4) is 11.5 Å². The van der Waals surface area contributed by atoms with Gasteiger partial charge in [0, 0.05) is 18.8 Å². The Morgan fingerprint density at radius 1 is 1.29 bits per heavy atom. The second kappa shape index (κ2) is 6.10. The van der Waals surface area contributed by atoms with E-state index in [2.05, 4.69) is 0 Å². The smallest absolute Gasteiger partial charge is 0.229 e. The molecule has 1 aromatic carbocycles. The van der Waals surface area contributed by atoms with Gasteiger partial charge in [0.2, 0.25) is 5.91 Å². The maximum atomic E-state index is 11.6. The number of hydrogen-bond acceptors (Lipinski definition) is 4. The van der Waals surface area contributed by atoms with E-state index in [0.717, 1.165) is 0 Å². The summed E-state index contributed by atoms with van der Waals surface area (Å²) in [7, 11) is 4.74. The maximum absolute atomic E-state index is 11.6. The zero-order valence-electron chi connectivity index (χ0n) is 10.3. The van der Waals surface area contributed by atoms with E-state index in [9.17, 15) is 4.79 Å². The van der Waals surface area contributed by atoms with Gasteiger partial charge in [-0.05, 0) is 12.1 Å². The van der Waals surface area contributed by atoms with E-state index in [4.69, 9.17) is 14.6 Å². The molecule has 5 heteroatoms. The van der Waals surface area contributed by atoms with Crippen molar-refractivity contribution >= 4 is 11.6 Å². The minimum atomic E-state index is -0.156. The lowest BCUT2D eigenvalue weighted by Crippen LogP contribution is -2.26. The average Bonchev–Trinajstić information content (AvgIpc) is 2.37. The molecule has 17 heavy (non-hydrogen) atoms. The number of anilines is 1. The molecule has 0 radical (unpaired) electrons. The molecule has 0 fully saturated rings. The van der Waals surface area contributed by atoms with Crippen molar-refractivity contribution in [2.75, 3.05) is 32.8 Å². The molecule has 0 spiro atoms. The van der Waals surface area contributed by atoms with Crippen LogP contribution >= 0.6 is 0 Å². The van der Waals surface area contributed by atoms with E-state index in [0.29, 0.717) is 17.2 Å². The van der Waals surface area contributed by atoms with E-state index in [1.807, 2.05) is 0 Å². The van der Waals surface area contributed by atoms with Gasteiger partial charge >= 0.3 is 0 Å². The van der Waals surface area contributed by atoms with Crippen LogP contribution in [0.2, 0.25) is 0 Å². The van der Waals surface area contributed by atoms with Gasteiger partial charge in [0.05, 0.1) is 27.2 Å². The standard InChI is InChI=1S/C12H17NO4/c1-13(12(15)6-7-14)9-4-5-10(16-2)11(8-9)17-3/h4-5,8,14H,6-7H2,1-3H3. The van der Waals surface area contributed by atoms with Crippen LogP contribution in [-0.2, 0) is 4.79 Å². The number of rotatable bonds is 5. The van der Waals surface area contributed by atoms with Crippen LogP contribution in [0.25, 0.3) is 0 Å². The van der Waals surface area contributed by atoms with Crippen molar-refractivity contribution in [2.45, 2.75) is 6.42 Å². The normalized spacial score (nSPS) is 9.88. The average molecular weight is 239 g/mol. The van der Waals surface area contributed by atoms with Gasteiger partial charge in [0.1, 0.15) is 0 Å². The summed E-state index contributed by atoms with van der Waals surface area (Å²) >= 11 is 0. The van der Waals surface area contributed by atoms with Gasteiger partial charge < -0.3 is 19.5 Å². The van der Waals surface area contributed by atoms with Crippen LogP contribution in [0.4, 0.5) is 5.69 Å². The quantitative estimate of drug-likeness (QED) is 0.834. The van der Waals surface area contributed by atoms with Crippen LogP contribution < -0.4 is 14.4 Å². The highest BCUT2D eigenvalue weighted by Gasteiger charge is 2.12. The predicted octanol–water partition coefficient (Wildman–Crippen LogP) is 1.05. The number of carbonyl (C=O) groups excluding carboxylic acids is 1. The van der Waals surface area contributed by atoms with Crippen LogP contribution in [0, 0.1) is 0 Å². The number of aliphatic hydroxyl groups excluding tert-OH is 1. The Bertz CT molecular complexity index is 392. The Hall–Kier alpha value is -1.75. The summed E-state index contributed by atoms with van der Waals surface area (Å²) in [6.07, 6.45) is 0.102. The molecule has 1 N–H and O–H groups in total. The third-order valence-electron chi connectivity index (χ3n) is 2.45. The number of benzene rings is 1. The third kappa shape index (κ3) is 3.10. The van der Waals surface area contributed by atoms with Gasteiger partial charge in [-0.1, -0.05) is 0 Å². The molecule has 0 aliphatic heterocycles. The summed E-state index contributed by atoms with van der Waals surface area (Å²) in [5, 5.41) is 8.72. The second-order valence-corrected chi connectivity index (χ2v) is 3.47. The molecule has 1 rings (SSSR count). The highest BCUT2D eigenvalue weighted by molar-refractivity contribution is 5.93. The van der Waals surface area contributed by atoms with Gasteiger partial charge in [-0.25, -0.2) is 0 Å². The Kier molecular flexibility index (Phi) is 4.78. The van der Waals surface area contributed by atoms with Crippen LogP contribution in [-0.4, -0.2) is 38.9 Å². The highest BCUT2D eigenvalue weighted by Crippen LogP contribution is 2.31. The number of methoxy groups -OCH3 is 2. The van der Waals surface area contributed by atoms with Crippen molar-refractivity contribution in [2.24, 2.45) is 0 Å². The number of ether oxygens (including phenoxy) is 2. The summed E-state index contributed by atoms with van der Waals surface area (Å²) in [5.41, 5.74) is 0.695.